The summed E-state index contributed by atoms with van der Waals surface area (Å²) < 4.78 is 5.18. The number of furan rings is 1. The minimum atomic E-state index is -0.705. The van der Waals surface area contributed by atoms with Crippen molar-refractivity contribution in [1.29, 1.82) is 0 Å². The highest BCUT2D eigenvalue weighted by atomic mass is 16.3. The van der Waals surface area contributed by atoms with Gasteiger partial charge in [0.2, 0.25) is 5.91 Å². The van der Waals surface area contributed by atoms with Gasteiger partial charge in [-0.2, -0.15) is 0 Å². The van der Waals surface area contributed by atoms with Gasteiger partial charge in [0, 0.05) is 23.8 Å². The van der Waals surface area contributed by atoms with Gasteiger partial charge in [0.25, 0.3) is 5.91 Å². The smallest absolute Gasteiger partial charge is 0.325 e. The zero-order chi connectivity index (χ0) is 18.8. The Morgan fingerprint density at radius 2 is 2.11 bits per heavy atom. The van der Waals surface area contributed by atoms with Gasteiger partial charge in [-0.1, -0.05) is 6.07 Å². The van der Waals surface area contributed by atoms with Crippen molar-refractivity contribution in [2.45, 2.75) is 25.4 Å². The van der Waals surface area contributed by atoms with Gasteiger partial charge in [-0.05, 0) is 42.1 Å². The number of benzene rings is 1. The maximum absolute atomic E-state index is 12.4. The molecule has 1 aromatic carbocycles. The molecule has 0 aliphatic carbocycles. The first-order valence-electron chi connectivity index (χ1n) is 8.61. The van der Waals surface area contributed by atoms with Crippen LogP contribution in [0.5, 0.6) is 0 Å². The third-order valence-corrected chi connectivity index (χ3v) is 4.50. The molecule has 0 spiro atoms. The molecule has 1 aliphatic heterocycles. The van der Waals surface area contributed by atoms with Crippen LogP contribution < -0.4 is 10.6 Å². The number of nitrogens with zero attached hydrogens (tertiary/aromatic N) is 1. The molecular formula is C19H18N4O4. The molecule has 3 heterocycles. The highest BCUT2D eigenvalue weighted by Gasteiger charge is 2.38. The van der Waals surface area contributed by atoms with Crippen molar-refractivity contribution in [1.82, 2.24) is 15.2 Å². The van der Waals surface area contributed by atoms with Gasteiger partial charge >= 0.3 is 6.03 Å². The Balaban J connectivity index is 1.32. The van der Waals surface area contributed by atoms with Crippen LogP contribution in [0, 0.1) is 0 Å². The number of anilines is 1. The van der Waals surface area contributed by atoms with Gasteiger partial charge in [-0.15, -0.1) is 0 Å². The van der Waals surface area contributed by atoms with Crippen molar-refractivity contribution >= 4 is 34.4 Å². The Hall–Kier alpha value is -3.55. The van der Waals surface area contributed by atoms with E-state index in [1.54, 1.807) is 12.1 Å². The second-order valence-corrected chi connectivity index (χ2v) is 6.37. The molecule has 4 amide bonds. The van der Waals surface area contributed by atoms with E-state index < -0.39 is 12.1 Å². The number of imide groups is 1. The summed E-state index contributed by atoms with van der Waals surface area (Å²) in [4.78, 5) is 40.8. The van der Waals surface area contributed by atoms with Crippen LogP contribution in [-0.2, 0) is 16.1 Å². The number of aromatic amines is 1. The van der Waals surface area contributed by atoms with Crippen LogP contribution >= 0.6 is 0 Å². The number of rotatable bonds is 6. The van der Waals surface area contributed by atoms with Crippen LogP contribution in [-0.4, -0.2) is 33.8 Å². The lowest BCUT2D eigenvalue weighted by Crippen LogP contribution is -2.31. The van der Waals surface area contributed by atoms with Crippen LogP contribution in [0.4, 0.5) is 10.5 Å². The van der Waals surface area contributed by atoms with E-state index in [4.69, 9.17) is 4.42 Å². The summed E-state index contributed by atoms with van der Waals surface area (Å²) in [6.45, 7) is 0.0799. The highest BCUT2D eigenvalue weighted by molar-refractivity contribution is 6.04. The average molecular weight is 366 g/mol. The van der Waals surface area contributed by atoms with Gasteiger partial charge in [0.15, 0.2) is 0 Å². The summed E-state index contributed by atoms with van der Waals surface area (Å²) in [6.07, 6.45) is 3.67. The molecule has 1 aliphatic rings. The third-order valence-electron chi connectivity index (χ3n) is 4.50. The van der Waals surface area contributed by atoms with Crippen molar-refractivity contribution in [3.8, 4) is 0 Å². The molecule has 8 nitrogen and oxygen atoms in total. The second kappa shape index (κ2) is 6.99. The Morgan fingerprint density at radius 3 is 2.93 bits per heavy atom. The first-order valence-corrected chi connectivity index (χ1v) is 8.61. The van der Waals surface area contributed by atoms with Gasteiger partial charge in [-0.3, -0.25) is 14.5 Å². The van der Waals surface area contributed by atoms with E-state index >= 15 is 0 Å². The average Bonchev–Trinajstić information content (AvgIpc) is 3.37. The van der Waals surface area contributed by atoms with Crippen LogP contribution in [0.2, 0.25) is 0 Å². The number of hydrogen-bond donors (Lipinski definition) is 3. The van der Waals surface area contributed by atoms with Crippen molar-refractivity contribution in [3.05, 3.63) is 54.6 Å². The van der Waals surface area contributed by atoms with E-state index in [9.17, 15) is 14.4 Å². The molecule has 0 radical (unpaired) electrons. The number of amides is 4. The highest BCUT2D eigenvalue weighted by Crippen LogP contribution is 2.19. The van der Waals surface area contributed by atoms with Crippen LogP contribution in [0.1, 0.15) is 18.6 Å². The Kier molecular flexibility index (Phi) is 4.37. The summed E-state index contributed by atoms with van der Waals surface area (Å²) in [5.41, 5.74) is 1.61. The maximum Gasteiger partial charge on any atom is 0.325 e. The maximum atomic E-state index is 12.4. The molecular weight excluding hydrogens is 348 g/mol. The first kappa shape index (κ1) is 16.9. The van der Waals surface area contributed by atoms with E-state index in [0.29, 0.717) is 11.4 Å². The van der Waals surface area contributed by atoms with Gasteiger partial charge in [0.1, 0.15) is 11.8 Å². The zero-order valence-corrected chi connectivity index (χ0v) is 14.4. The van der Waals surface area contributed by atoms with Gasteiger partial charge in [-0.25, -0.2) is 4.79 Å². The minimum Gasteiger partial charge on any atom is -0.467 e. The topological polar surface area (TPSA) is 107 Å². The van der Waals surface area contributed by atoms with E-state index in [-0.39, 0.29) is 31.2 Å². The number of aromatic nitrogens is 1. The minimum absolute atomic E-state index is 0.0799. The summed E-state index contributed by atoms with van der Waals surface area (Å²) in [6, 6.07) is 9.74. The summed E-state index contributed by atoms with van der Waals surface area (Å²) >= 11 is 0. The van der Waals surface area contributed by atoms with Gasteiger partial charge < -0.3 is 20.0 Å². The molecule has 3 N–H and O–H groups in total. The number of H-pyrrole nitrogens is 1. The zero-order valence-electron chi connectivity index (χ0n) is 14.4. The second-order valence-electron chi connectivity index (χ2n) is 6.37. The van der Waals surface area contributed by atoms with E-state index in [0.717, 1.165) is 15.8 Å². The molecule has 0 bridgehead atoms. The lowest BCUT2D eigenvalue weighted by Gasteiger charge is -2.11. The first-order chi connectivity index (χ1) is 13.1. The number of hydrogen-bond acceptors (Lipinski definition) is 4. The van der Waals surface area contributed by atoms with Gasteiger partial charge in [0.05, 0.1) is 12.8 Å². The molecule has 27 heavy (non-hydrogen) atoms. The normalized spacial score (nSPS) is 16.7. The molecule has 1 atom stereocenters. The van der Waals surface area contributed by atoms with E-state index in [2.05, 4.69) is 15.6 Å². The lowest BCUT2D eigenvalue weighted by molar-refractivity contribution is -0.128. The van der Waals surface area contributed by atoms with Crippen molar-refractivity contribution in [2.75, 3.05) is 5.32 Å². The van der Waals surface area contributed by atoms with Crippen molar-refractivity contribution < 1.29 is 18.8 Å². The Morgan fingerprint density at radius 1 is 1.22 bits per heavy atom. The molecule has 138 valence electrons. The molecule has 2 aromatic heterocycles. The quantitative estimate of drug-likeness (QED) is 0.583. The molecule has 8 heteroatoms. The Labute approximate surface area is 154 Å². The summed E-state index contributed by atoms with van der Waals surface area (Å²) in [5.74, 6) is -0.0407. The van der Waals surface area contributed by atoms with Crippen LogP contribution in [0.3, 0.4) is 0 Å². The molecule has 1 fully saturated rings. The largest absolute Gasteiger partial charge is 0.467 e. The molecule has 4 rings (SSSR count). The number of urea groups is 1. The summed E-state index contributed by atoms with van der Waals surface area (Å²) in [5, 5.41) is 6.49. The molecule has 1 unspecified atom stereocenters. The monoisotopic (exact) mass is 366 g/mol. The number of carbonyl (C=O) groups excluding carboxylic acids is 3. The molecule has 1 saturated heterocycles. The standard InChI is InChI=1S/C19H18N4O4/c24-17(21-13-4-3-12-7-8-20-16(12)10-13)6-5-15-18(25)23(19(26)22-15)11-14-2-1-9-27-14/h1-4,7-10,15,20H,5-6,11H2,(H,21,24)(H,22,26). The molecule has 0 saturated carbocycles. The third kappa shape index (κ3) is 3.55. The Bertz CT molecular complexity index is 992. The van der Waals surface area contributed by atoms with E-state index in [1.807, 2.05) is 30.5 Å². The van der Waals surface area contributed by atoms with Crippen LogP contribution in [0.15, 0.2) is 53.3 Å². The SMILES string of the molecule is O=C(CCC1NC(=O)N(Cc2ccco2)C1=O)Nc1ccc2cc[nH]c2c1. The lowest BCUT2D eigenvalue weighted by atomic mass is 10.1. The van der Waals surface area contributed by atoms with Crippen LogP contribution in [0.25, 0.3) is 10.9 Å². The number of carbonyl (C=O) groups is 3. The number of fused-ring (bicyclic) bond motifs is 1. The predicted molar refractivity (Wildman–Crippen MR) is 97.7 cm³/mol. The predicted octanol–water partition coefficient (Wildman–Crippen LogP) is 2.60. The van der Waals surface area contributed by atoms with Crippen molar-refractivity contribution in [3.63, 3.8) is 0 Å². The fourth-order valence-corrected chi connectivity index (χ4v) is 3.11. The fourth-order valence-electron chi connectivity index (χ4n) is 3.11. The van der Waals surface area contributed by atoms with Crippen molar-refractivity contribution in [2.24, 2.45) is 0 Å². The van der Waals surface area contributed by atoms with E-state index in [1.165, 1.54) is 6.26 Å². The number of nitrogens with one attached hydrogen (secondary N) is 3. The summed E-state index contributed by atoms with van der Waals surface area (Å²) in [7, 11) is 0. The molecule has 3 aromatic rings. The fraction of sp³-hybridized carbons (Fsp3) is 0.211.